The molecule has 1 unspecified atom stereocenters. The van der Waals surface area contributed by atoms with Crippen molar-refractivity contribution in [2.45, 2.75) is 48.6 Å². The van der Waals surface area contributed by atoms with Crippen molar-refractivity contribution in [1.29, 1.82) is 0 Å². The van der Waals surface area contributed by atoms with Gasteiger partial charge in [-0.15, -0.1) is 0 Å². The minimum atomic E-state index is -0.370. The van der Waals surface area contributed by atoms with Gasteiger partial charge in [0.2, 0.25) is 0 Å². The molecule has 0 radical (unpaired) electrons. The number of nitrogens with one attached hydrogen (secondary N) is 1. The van der Waals surface area contributed by atoms with E-state index in [1.807, 2.05) is 61.2 Å². The Balaban J connectivity index is 1.70. The lowest BCUT2D eigenvalue weighted by atomic mass is 10.1. The second-order valence-corrected chi connectivity index (χ2v) is 8.12. The van der Waals surface area contributed by atoms with Gasteiger partial charge in [-0.2, -0.15) is 0 Å². The molecule has 1 saturated heterocycles. The first-order valence-corrected chi connectivity index (χ1v) is 10.0. The van der Waals surface area contributed by atoms with Crippen molar-refractivity contribution in [3.63, 3.8) is 0 Å². The summed E-state index contributed by atoms with van der Waals surface area (Å²) in [5, 5.41) is 2.95. The first kappa shape index (κ1) is 18.1. The molecule has 2 aromatic rings. The molecule has 2 aliphatic heterocycles. The van der Waals surface area contributed by atoms with E-state index in [1.165, 1.54) is 0 Å². The molecule has 0 saturated carbocycles. The third-order valence-corrected chi connectivity index (χ3v) is 5.90. The Hall–Kier alpha value is -2.31. The zero-order valence-electron chi connectivity index (χ0n) is 15.4. The van der Waals surface area contributed by atoms with E-state index in [1.54, 1.807) is 11.8 Å². The molecule has 2 amide bonds. The van der Waals surface area contributed by atoms with Gasteiger partial charge in [0, 0.05) is 28.1 Å². The minimum Gasteiger partial charge on any atom is -0.368 e. The zero-order valence-corrected chi connectivity index (χ0v) is 16.2. The molecule has 1 atom stereocenters. The van der Waals surface area contributed by atoms with E-state index in [9.17, 15) is 9.59 Å². The molecule has 0 spiro atoms. The standard InChI is InChI=1S/C21H22N2O3S/c1-13(2)23-16-10-9-14(22-20(24)17-7-5-11-26-17)12-19(16)27-18-8-4-3-6-15(18)21(23)25/h3-4,6,8-10,12-13,17H,5,7,11H2,1-2H3,(H,22,24). The molecular weight excluding hydrogens is 360 g/mol. The van der Waals surface area contributed by atoms with Gasteiger partial charge >= 0.3 is 0 Å². The lowest BCUT2D eigenvalue weighted by Gasteiger charge is -2.27. The second kappa shape index (κ2) is 7.37. The molecule has 5 nitrogen and oxygen atoms in total. The molecule has 0 aromatic heterocycles. The summed E-state index contributed by atoms with van der Waals surface area (Å²) >= 11 is 1.56. The van der Waals surface area contributed by atoms with Gasteiger partial charge in [-0.05, 0) is 57.0 Å². The van der Waals surface area contributed by atoms with Crippen molar-refractivity contribution in [2.24, 2.45) is 0 Å². The van der Waals surface area contributed by atoms with Crippen LogP contribution in [-0.4, -0.2) is 30.6 Å². The third kappa shape index (κ3) is 3.47. The molecule has 1 fully saturated rings. The predicted octanol–water partition coefficient (Wildman–Crippen LogP) is 4.32. The van der Waals surface area contributed by atoms with Crippen molar-refractivity contribution in [2.75, 3.05) is 16.8 Å². The number of hydrogen-bond donors (Lipinski definition) is 1. The Morgan fingerprint density at radius 3 is 2.78 bits per heavy atom. The minimum absolute atomic E-state index is 0.00277. The van der Waals surface area contributed by atoms with E-state index < -0.39 is 0 Å². The lowest BCUT2D eigenvalue weighted by molar-refractivity contribution is -0.124. The van der Waals surface area contributed by atoms with Crippen LogP contribution in [0.4, 0.5) is 11.4 Å². The van der Waals surface area contributed by atoms with Gasteiger partial charge < -0.3 is 15.0 Å². The number of amides is 2. The van der Waals surface area contributed by atoms with Crippen molar-refractivity contribution in [3.05, 3.63) is 48.0 Å². The van der Waals surface area contributed by atoms with Crippen LogP contribution in [0.2, 0.25) is 0 Å². The Morgan fingerprint density at radius 2 is 2.04 bits per heavy atom. The summed E-state index contributed by atoms with van der Waals surface area (Å²) < 4.78 is 5.46. The predicted molar refractivity (Wildman–Crippen MR) is 107 cm³/mol. The Morgan fingerprint density at radius 1 is 1.22 bits per heavy atom. The second-order valence-electron chi connectivity index (χ2n) is 7.04. The Bertz CT molecular complexity index is 891. The molecular formula is C21H22N2O3S. The van der Waals surface area contributed by atoms with Gasteiger partial charge in [0.15, 0.2) is 0 Å². The van der Waals surface area contributed by atoms with Crippen LogP contribution in [-0.2, 0) is 9.53 Å². The average Bonchev–Trinajstić information content (AvgIpc) is 3.15. The fourth-order valence-corrected chi connectivity index (χ4v) is 4.59. The van der Waals surface area contributed by atoms with Gasteiger partial charge in [-0.3, -0.25) is 9.59 Å². The first-order chi connectivity index (χ1) is 13.0. The summed E-state index contributed by atoms with van der Waals surface area (Å²) in [5.41, 5.74) is 2.29. The third-order valence-electron chi connectivity index (χ3n) is 4.78. The number of fused-ring (bicyclic) bond motifs is 2. The summed E-state index contributed by atoms with van der Waals surface area (Å²) in [4.78, 5) is 29.2. The summed E-state index contributed by atoms with van der Waals surface area (Å²) in [6.45, 7) is 4.65. The maximum absolute atomic E-state index is 13.1. The molecule has 1 N–H and O–H groups in total. The Labute approximate surface area is 163 Å². The number of anilines is 2. The highest BCUT2D eigenvalue weighted by Crippen LogP contribution is 2.43. The van der Waals surface area contributed by atoms with Crippen molar-refractivity contribution < 1.29 is 14.3 Å². The zero-order chi connectivity index (χ0) is 19.0. The monoisotopic (exact) mass is 382 g/mol. The van der Waals surface area contributed by atoms with E-state index >= 15 is 0 Å². The van der Waals surface area contributed by atoms with E-state index in [2.05, 4.69) is 5.32 Å². The van der Waals surface area contributed by atoms with E-state index in [4.69, 9.17) is 4.74 Å². The van der Waals surface area contributed by atoms with Gasteiger partial charge in [0.05, 0.1) is 11.3 Å². The molecule has 2 aliphatic rings. The van der Waals surface area contributed by atoms with Crippen LogP contribution in [0.15, 0.2) is 52.3 Å². The highest BCUT2D eigenvalue weighted by molar-refractivity contribution is 7.99. The molecule has 6 heteroatoms. The number of carbonyl (C=O) groups is 2. The summed E-state index contributed by atoms with van der Waals surface area (Å²) in [6.07, 6.45) is 1.31. The van der Waals surface area contributed by atoms with Gasteiger partial charge in [-0.1, -0.05) is 23.9 Å². The van der Waals surface area contributed by atoms with E-state index in [-0.39, 0.29) is 24.0 Å². The molecule has 27 heavy (non-hydrogen) atoms. The number of hydrogen-bond acceptors (Lipinski definition) is 4. The SMILES string of the molecule is CC(C)N1C(=O)c2ccccc2Sc2cc(NC(=O)C3CCCO3)ccc21. The number of nitrogens with zero attached hydrogens (tertiary/aromatic N) is 1. The first-order valence-electron chi connectivity index (χ1n) is 9.21. The van der Waals surface area contributed by atoms with Gasteiger partial charge in [0.25, 0.3) is 11.8 Å². The molecule has 2 heterocycles. The van der Waals surface area contributed by atoms with Crippen LogP contribution < -0.4 is 10.2 Å². The van der Waals surface area contributed by atoms with Crippen LogP contribution in [0.3, 0.4) is 0 Å². The molecule has 0 aliphatic carbocycles. The van der Waals surface area contributed by atoms with Crippen LogP contribution in [0, 0.1) is 0 Å². The van der Waals surface area contributed by atoms with E-state index in [0.29, 0.717) is 12.2 Å². The number of rotatable bonds is 3. The average molecular weight is 382 g/mol. The molecule has 4 rings (SSSR count). The molecule has 140 valence electrons. The lowest BCUT2D eigenvalue weighted by Crippen LogP contribution is -2.37. The number of ether oxygens (including phenoxy) is 1. The van der Waals surface area contributed by atoms with E-state index in [0.717, 1.165) is 34.0 Å². The van der Waals surface area contributed by atoms with Crippen molar-refractivity contribution in [1.82, 2.24) is 0 Å². The van der Waals surface area contributed by atoms with Crippen LogP contribution >= 0.6 is 11.8 Å². The van der Waals surface area contributed by atoms with Crippen molar-refractivity contribution >= 4 is 35.0 Å². The fraction of sp³-hybridized carbons (Fsp3) is 0.333. The normalized spacial score (nSPS) is 18.9. The smallest absolute Gasteiger partial charge is 0.259 e. The summed E-state index contributed by atoms with van der Waals surface area (Å²) in [6, 6.07) is 13.4. The highest BCUT2D eigenvalue weighted by atomic mass is 32.2. The topological polar surface area (TPSA) is 58.6 Å². The highest BCUT2D eigenvalue weighted by Gasteiger charge is 2.29. The fourth-order valence-electron chi connectivity index (χ4n) is 3.48. The van der Waals surface area contributed by atoms with Crippen LogP contribution in [0.1, 0.15) is 37.0 Å². The summed E-state index contributed by atoms with van der Waals surface area (Å²) in [7, 11) is 0. The van der Waals surface area contributed by atoms with Gasteiger partial charge in [0.1, 0.15) is 6.10 Å². The summed E-state index contributed by atoms with van der Waals surface area (Å²) in [5.74, 6) is -0.105. The largest absolute Gasteiger partial charge is 0.368 e. The van der Waals surface area contributed by atoms with Crippen LogP contribution in [0.5, 0.6) is 0 Å². The van der Waals surface area contributed by atoms with Gasteiger partial charge in [-0.25, -0.2) is 0 Å². The van der Waals surface area contributed by atoms with Crippen molar-refractivity contribution in [3.8, 4) is 0 Å². The number of carbonyl (C=O) groups excluding carboxylic acids is 2. The van der Waals surface area contributed by atoms with Crippen LogP contribution in [0.25, 0.3) is 0 Å². The maximum Gasteiger partial charge on any atom is 0.259 e. The quantitative estimate of drug-likeness (QED) is 0.859. The molecule has 0 bridgehead atoms. The Kier molecular flexibility index (Phi) is 4.93. The molecule has 2 aromatic carbocycles. The number of benzene rings is 2. The maximum atomic E-state index is 13.1.